The van der Waals surface area contributed by atoms with E-state index in [0.717, 1.165) is 0 Å². The van der Waals surface area contributed by atoms with E-state index in [0.29, 0.717) is 5.82 Å². The first-order chi connectivity index (χ1) is 9.09. The predicted molar refractivity (Wildman–Crippen MR) is 67.9 cm³/mol. The van der Waals surface area contributed by atoms with Gasteiger partial charge in [-0.15, -0.1) is 0 Å². The summed E-state index contributed by atoms with van der Waals surface area (Å²) >= 11 is 5.83. The highest BCUT2D eigenvalue weighted by Gasteiger charge is 2.19. The van der Waals surface area contributed by atoms with Crippen LogP contribution in [0.5, 0.6) is 0 Å². The number of aromatic nitrogens is 2. The van der Waals surface area contributed by atoms with E-state index in [9.17, 15) is 14.9 Å². The summed E-state index contributed by atoms with van der Waals surface area (Å²) in [5.41, 5.74) is -0.241. The Morgan fingerprint density at radius 1 is 1.53 bits per heavy atom. The van der Waals surface area contributed by atoms with Crippen molar-refractivity contribution in [2.45, 2.75) is 6.54 Å². The third kappa shape index (κ3) is 2.89. The van der Waals surface area contributed by atoms with E-state index in [1.807, 2.05) is 0 Å². The summed E-state index contributed by atoms with van der Waals surface area (Å²) in [6.45, 7) is 0.185. The molecule has 0 radical (unpaired) electrons. The molecule has 0 bridgehead atoms. The number of hydrogen-bond acceptors (Lipinski definition) is 4. The van der Waals surface area contributed by atoms with Crippen LogP contribution in [0.25, 0.3) is 0 Å². The Hall–Kier alpha value is -2.41. The van der Waals surface area contributed by atoms with Gasteiger partial charge in [-0.2, -0.15) is 0 Å². The molecule has 2 N–H and O–H groups in total. The fourth-order valence-corrected chi connectivity index (χ4v) is 1.77. The van der Waals surface area contributed by atoms with Gasteiger partial charge in [0, 0.05) is 18.5 Å². The first-order valence-electron chi connectivity index (χ1n) is 5.29. The number of halogens is 1. The maximum atomic E-state index is 11.9. The number of nitro groups is 1. The van der Waals surface area contributed by atoms with E-state index >= 15 is 0 Å². The fraction of sp³-hybridized carbons (Fsp3) is 0.0909. The van der Waals surface area contributed by atoms with Crippen molar-refractivity contribution in [2.24, 2.45) is 0 Å². The van der Waals surface area contributed by atoms with Crippen LogP contribution in [0.4, 0.5) is 5.69 Å². The van der Waals surface area contributed by atoms with Crippen molar-refractivity contribution in [1.29, 1.82) is 0 Å². The molecule has 0 atom stereocenters. The highest BCUT2D eigenvalue weighted by atomic mass is 35.5. The van der Waals surface area contributed by atoms with Crippen LogP contribution in [0.15, 0.2) is 30.6 Å². The quantitative estimate of drug-likeness (QED) is 0.659. The van der Waals surface area contributed by atoms with Gasteiger partial charge in [0.05, 0.1) is 17.0 Å². The summed E-state index contributed by atoms with van der Waals surface area (Å²) in [4.78, 5) is 28.7. The average molecular weight is 281 g/mol. The summed E-state index contributed by atoms with van der Waals surface area (Å²) in [5.74, 6) is 0.0833. The number of hydrogen-bond donors (Lipinski definition) is 2. The lowest BCUT2D eigenvalue weighted by atomic mass is 10.2. The summed E-state index contributed by atoms with van der Waals surface area (Å²) in [5, 5.41) is 13.1. The molecule has 0 saturated carbocycles. The predicted octanol–water partition coefficient (Wildman–Crippen LogP) is 1.90. The van der Waals surface area contributed by atoms with Crippen LogP contribution in [0.2, 0.25) is 5.02 Å². The molecule has 0 fully saturated rings. The number of H-pyrrole nitrogens is 1. The van der Waals surface area contributed by atoms with Gasteiger partial charge in [-0.3, -0.25) is 14.9 Å². The number of carbonyl (C=O) groups excluding carboxylic acids is 1. The first-order valence-corrected chi connectivity index (χ1v) is 5.66. The number of carbonyl (C=O) groups is 1. The molecule has 7 nitrogen and oxygen atoms in total. The Labute approximate surface area is 112 Å². The van der Waals surface area contributed by atoms with Crippen LogP contribution < -0.4 is 5.32 Å². The van der Waals surface area contributed by atoms with Gasteiger partial charge in [-0.1, -0.05) is 17.7 Å². The highest BCUT2D eigenvalue weighted by Crippen LogP contribution is 2.27. The van der Waals surface area contributed by atoms with E-state index in [2.05, 4.69) is 15.3 Å². The largest absolute Gasteiger partial charge is 0.347 e. The molecule has 0 saturated heterocycles. The molecule has 0 aliphatic heterocycles. The number of nitrogens with one attached hydrogen (secondary N) is 2. The minimum Gasteiger partial charge on any atom is -0.347 e. The van der Waals surface area contributed by atoms with Gasteiger partial charge in [0.25, 0.3) is 11.6 Å². The van der Waals surface area contributed by atoms with Crippen LogP contribution >= 0.6 is 11.6 Å². The highest BCUT2D eigenvalue weighted by molar-refractivity contribution is 6.35. The molecule has 1 amide bonds. The van der Waals surface area contributed by atoms with Crippen molar-refractivity contribution in [2.75, 3.05) is 0 Å². The van der Waals surface area contributed by atoms with E-state index < -0.39 is 10.8 Å². The van der Waals surface area contributed by atoms with Gasteiger partial charge in [0.2, 0.25) is 0 Å². The van der Waals surface area contributed by atoms with Crippen molar-refractivity contribution in [3.05, 3.63) is 57.1 Å². The van der Waals surface area contributed by atoms with Gasteiger partial charge in [0.15, 0.2) is 0 Å². The van der Waals surface area contributed by atoms with Crippen LogP contribution in [0, 0.1) is 10.1 Å². The Bertz CT molecular complexity index is 612. The smallest absolute Gasteiger partial charge is 0.288 e. The molecule has 2 rings (SSSR count). The Morgan fingerprint density at radius 2 is 2.32 bits per heavy atom. The van der Waals surface area contributed by atoms with Crippen molar-refractivity contribution >= 4 is 23.2 Å². The van der Waals surface area contributed by atoms with Crippen LogP contribution in [-0.2, 0) is 6.54 Å². The lowest BCUT2D eigenvalue weighted by Gasteiger charge is -2.05. The van der Waals surface area contributed by atoms with Crippen molar-refractivity contribution < 1.29 is 9.72 Å². The Balaban J connectivity index is 2.15. The molecular weight excluding hydrogens is 272 g/mol. The van der Waals surface area contributed by atoms with Gasteiger partial charge in [-0.25, -0.2) is 4.98 Å². The number of rotatable bonds is 4. The number of nitro benzene ring substituents is 1. The number of imidazole rings is 1. The maximum absolute atomic E-state index is 11.9. The van der Waals surface area contributed by atoms with E-state index in [-0.39, 0.29) is 22.8 Å². The summed E-state index contributed by atoms with van der Waals surface area (Å²) in [6, 6.07) is 4.07. The van der Waals surface area contributed by atoms with Crippen LogP contribution in [0.3, 0.4) is 0 Å². The number of nitrogens with zero attached hydrogens (tertiary/aromatic N) is 2. The number of aromatic amines is 1. The van der Waals surface area contributed by atoms with Gasteiger partial charge in [-0.05, 0) is 6.07 Å². The van der Waals surface area contributed by atoms with Gasteiger partial charge >= 0.3 is 0 Å². The standard InChI is InChI=1S/C11H9ClN4O3/c12-10-7(2-1-3-8(10)16(18)19)11(17)15-6-9-13-4-5-14-9/h1-5H,6H2,(H,13,14)(H,15,17). The molecule has 1 heterocycles. The third-order valence-corrected chi connectivity index (χ3v) is 2.79. The second-order valence-corrected chi connectivity index (χ2v) is 3.99. The minimum absolute atomic E-state index is 0.0578. The lowest BCUT2D eigenvalue weighted by Crippen LogP contribution is -2.23. The number of amides is 1. The van der Waals surface area contributed by atoms with Gasteiger partial charge in [0.1, 0.15) is 10.8 Å². The lowest BCUT2D eigenvalue weighted by molar-refractivity contribution is -0.384. The van der Waals surface area contributed by atoms with Crippen molar-refractivity contribution in [1.82, 2.24) is 15.3 Å². The van der Waals surface area contributed by atoms with Crippen LogP contribution in [-0.4, -0.2) is 20.8 Å². The maximum Gasteiger partial charge on any atom is 0.288 e. The molecule has 8 heteroatoms. The zero-order valence-corrected chi connectivity index (χ0v) is 10.3. The second-order valence-electron chi connectivity index (χ2n) is 3.61. The van der Waals surface area contributed by atoms with E-state index in [1.54, 1.807) is 12.4 Å². The Kier molecular flexibility index (Phi) is 3.76. The molecular formula is C11H9ClN4O3. The van der Waals surface area contributed by atoms with E-state index in [4.69, 9.17) is 11.6 Å². The first kappa shape index (κ1) is 13.0. The zero-order chi connectivity index (χ0) is 13.8. The molecule has 0 unspecified atom stereocenters. The molecule has 0 aliphatic rings. The average Bonchev–Trinajstić information content (AvgIpc) is 2.89. The van der Waals surface area contributed by atoms with Gasteiger partial charge < -0.3 is 10.3 Å². The second kappa shape index (κ2) is 5.49. The molecule has 1 aromatic carbocycles. The molecule has 2 aromatic rings. The number of benzene rings is 1. The molecule has 0 aliphatic carbocycles. The fourth-order valence-electron chi connectivity index (χ4n) is 1.49. The Morgan fingerprint density at radius 3 is 2.95 bits per heavy atom. The molecule has 1 aromatic heterocycles. The summed E-state index contributed by atoms with van der Waals surface area (Å²) in [6.07, 6.45) is 3.18. The summed E-state index contributed by atoms with van der Waals surface area (Å²) < 4.78 is 0. The molecule has 19 heavy (non-hydrogen) atoms. The zero-order valence-electron chi connectivity index (χ0n) is 9.59. The summed E-state index contributed by atoms with van der Waals surface area (Å²) in [7, 11) is 0. The van der Waals surface area contributed by atoms with Crippen molar-refractivity contribution in [3.63, 3.8) is 0 Å². The van der Waals surface area contributed by atoms with Crippen molar-refractivity contribution in [3.8, 4) is 0 Å². The van der Waals surface area contributed by atoms with E-state index in [1.165, 1.54) is 18.2 Å². The minimum atomic E-state index is -0.633. The third-order valence-electron chi connectivity index (χ3n) is 2.39. The topological polar surface area (TPSA) is 101 Å². The van der Waals surface area contributed by atoms with Crippen LogP contribution in [0.1, 0.15) is 16.2 Å². The monoisotopic (exact) mass is 280 g/mol. The SMILES string of the molecule is O=C(NCc1ncc[nH]1)c1cccc([N+](=O)[O-])c1Cl. The molecule has 0 spiro atoms. The molecule has 98 valence electrons. The normalized spacial score (nSPS) is 10.2.